The molecule has 0 spiro atoms. The van der Waals surface area contributed by atoms with Crippen molar-refractivity contribution in [2.45, 2.75) is 25.9 Å². The van der Waals surface area contributed by atoms with Crippen molar-refractivity contribution in [3.63, 3.8) is 0 Å². The van der Waals surface area contributed by atoms with Gasteiger partial charge in [-0.25, -0.2) is 0 Å². The lowest BCUT2D eigenvalue weighted by Crippen LogP contribution is -2.35. The topological polar surface area (TPSA) is 117 Å². The van der Waals surface area contributed by atoms with Crippen LogP contribution in [0.1, 0.15) is 29.9 Å². The zero-order valence-electron chi connectivity index (χ0n) is 15.4. The van der Waals surface area contributed by atoms with E-state index in [0.29, 0.717) is 12.3 Å². The molecule has 9 nitrogen and oxygen atoms in total. The van der Waals surface area contributed by atoms with Crippen molar-refractivity contribution in [2.75, 3.05) is 19.8 Å². The predicted molar refractivity (Wildman–Crippen MR) is 101 cm³/mol. The third-order valence-corrected chi connectivity index (χ3v) is 4.27. The SMILES string of the molecule is Cc1noc(C=Cc2ccc(OCC(=O)NCC3CCCO3)cc2)c1[N+](=O)[O-]. The highest BCUT2D eigenvalue weighted by Crippen LogP contribution is 2.24. The molecule has 1 amide bonds. The lowest BCUT2D eigenvalue weighted by Gasteiger charge is -2.11. The van der Waals surface area contributed by atoms with Crippen LogP contribution < -0.4 is 10.1 Å². The van der Waals surface area contributed by atoms with Gasteiger partial charge in [0.05, 0.1) is 11.0 Å². The number of benzene rings is 1. The number of aromatic nitrogens is 1. The van der Waals surface area contributed by atoms with Crippen LogP contribution >= 0.6 is 0 Å². The van der Waals surface area contributed by atoms with Crippen LogP contribution in [-0.4, -0.2) is 41.8 Å². The quantitative estimate of drug-likeness (QED) is 0.547. The number of nitro groups is 1. The summed E-state index contributed by atoms with van der Waals surface area (Å²) in [5, 5.41) is 17.4. The largest absolute Gasteiger partial charge is 0.484 e. The van der Waals surface area contributed by atoms with Crippen molar-refractivity contribution in [2.24, 2.45) is 0 Å². The summed E-state index contributed by atoms with van der Waals surface area (Å²) >= 11 is 0. The number of carbonyl (C=O) groups excluding carboxylic acids is 1. The first-order valence-corrected chi connectivity index (χ1v) is 8.93. The summed E-state index contributed by atoms with van der Waals surface area (Å²) in [6, 6.07) is 6.97. The number of carbonyl (C=O) groups is 1. The van der Waals surface area contributed by atoms with E-state index in [9.17, 15) is 14.9 Å². The van der Waals surface area contributed by atoms with Gasteiger partial charge in [0.15, 0.2) is 12.3 Å². The molecule has 148 valence electrons. The molecule has 1 atom stereocenters. The van der Waals surface area contributed by atoms with Crippen LogP contribution in [0.2, 0.25) is 0 Å². The van der Waals surface area contributed by atoms with E-state index in [-0.39, 0.29) is 35.8 Å². The minimum Gasteiger partial charge on any atom is -0.484 e. The molecule has 3 rings (SSSR count). The van der Waals surface area contributed by atoms with Crippen LogP contribution in [0, 0.1) is 17.0 Å². The number of amides is 1. The van der Waals surface area contributed by atoms with Crippen molar-refractivity contribution < 1.29 is 23.7 Å². The van der Waals surface area contributed by atoms with Crippen molar-refractivity contribution in [1.82, 2.24) is 10.5 Å². The molecule has 28 heavy (non-hydrogen) atoms. The van der Waals surface area contributed by atoms with Gasteiger partial charge in [0.25, 0.3) is 5.91 Å². The molecule has 1 aromatic heterocycles. The normalized spacial score (nSPS) is 16.4. The molecule has 1 saturated heterocycles. The van der Waals surface area contributed by atoms with Gasteiger partial charge in [0, 0.05) is 13.2 Å². The van der Waals surface area contributed by atoms with E-state index < -0.39 is 4.92 Å². The number of rotatable bonds is 8. The van der Waals surface area contributed by atoms with Crippen molar-refractivity contribution in [3.05, 3.63) is 51.4 Å². The highest BCUT2D eigenvalue weighted by molar-refractivity contribution is 5.77. The predicted octanol–water partition coefficient (Wildman–Crippen LogP) is 2.74. The van der Waals surface area contributed by atoms with Gasteiger partial charge in [-0.1, -0.05) is 23.4 Å². The summed E-state index contributed by atoms with van der Waals surface area (Å²) in [5.41, 5.74) is 0.870. The van der Waals surface area contributed by atoms with Gasteiger partial charge < -0.3 is 19.3 Å². The molecule has 1 N–H and O–H groups in total. The molecule has 1 aliphatic rings. The molecule has 1 aliphatic heterocycles. The van der Waals surface area contributed by atoms with Crippen LogP contribution in [0.3, 0.4) is 0 Å². The fourth-order valence-electron chi connectivity index (χ4n) is 2.79. The second-order valence-corrected chi connectivity index (χ2v) is 6.37. The van der Waals surface area contributed by atoms with Crippen molar-refractivity contribution >= 4 is 23.7 Å². The first-order valence-electron chi connectivity index (χ1n) is 8.93. The van der Waals surface area contributed by atoms with Gasteiger partial charge in [0.1, 0.15) is 5.75 Å². The highest BCUT2D eigenvalue weighted by Gasteiger charge is 2.21. The first-order chi connectivity index (χ1) is 13.5. The van der Waals surface area contributed by atoms with Crippen LogP contribution in [-0.2, 0) is 9.53 Å². The number of nitrogens with one attached hydrogen (secondary N) is 1. The summed E-state index contributed by atoms with van der Waals surface area (Å²) in [4.78, 5) is 22.3. The smallest absolute Gasteiger partial charge is 0.338 e. The van der Waals surface area contributed by atoms with E-state index in [2.05, 4.69) is 10.5 Å². The van der Waals surface area contributed by atoms with Gasteiger partial charge in [0.2, 0.25) is 5.76 Å². The fourth-order valence-corrected chi connectivity index (χ4v) is 2.79. The van der Waals surface area contributed by atoms with Crippen molar-refractivity contribution in [1.29, 1.82) is 0 Å². The Balaban J connectivity index is 1.49. The standard InChI is InChI=1S/C19H21N3O6/c1-13-19(22(24)25)17(28-21-13)9-6-14-4-7-15(8-5-14)27-12-18(23)20-11-16-3-2-10-26-16/h4-9,16H,2-3,10-12H2,1H3,(H,20,23). The Labute approximate surface area is 161 Å². The molecule has 0 radical (unpaired) electrons. The van der Waals surface area contributed by atoms with Crippen LogP contribution in [0.15, 0.2) is 28.8 Å². The van der Waals surface area contributed by atoms with Crippen molar-refractivity contribution in [3.8, 4) is 5.75 Å². The Morgan fingerprint density at radius 2 is 2.18 bits per heavy atom. The number of nitrogens with zero attached hydrogens (tertiary/aromatic N) is 2. The zero-order valence-corrected chi connectivity index (χ0v) is 15.4. The molecule has 1 aromatic carbocycles. The van der Waals surface area contributed by atoms with Crippen LogP contribution in [0.4, 0.5) is 5.69 Å². The second-order valence-electron chi connectivity index (χ2n) is 6.37. The maximum atomic E-state index is 11.8. The first kappa shape index (κ1) is 19.6. The fraction of sp³-hybridized carbons (Fsp3) is 0.368. The highest BCUT2D eigenvalue weighted by atomic mass is 16.6. The Morgan fingerprint density at radius 3 is 2.86 bits per heavy atom. The zero-order chi connectivity index (χ0) is 19.9. The number of hydrogen-bond donors (Lipinski definition) is 1. The summed E-state index contributed by atoms with van der Waals surface area (Å²) in [7, 11) is 0. The van der Waals surface area contributed by atoms with Gasteiger partial charge in [-0.2, -0.15) is 0 Å². The Kier molecular flexibility index (Phi) is 6.38. The summed E-state index contributed by atoms with van der Waals surface area (Å²) < 4.78 is 15.9. The molecule has 9 heteroatoms. The number of hydrogen-bond acceptors (Lipinski definition) is 7. The Hall–Kier alpha value is -3.20. The second kappa shape index (κ2) is 9.14. The Morgan fingerprint density at radius 1 is 1.39 bits per heavy atom. The van der Waals surface area contributed by atoms with E-state index in [4.69, 9.17) is 14.0 Å². The molecular formula is C19H21N3O6. The van der Waals surface area contributed by atoms with Crippen LogP contribution in [0.5, 0.6) is 5.75 Å². The molecule has 1 fully saturated rings. The lowest BCUT2D eigenvalue weighted by atomic mass is 10.2. The van der Waals surface area contributed by atoms with Gasteiger partial charge in [-0.05, 0) is 43.5 Å². The van der Waals surface area contributed by atoms with Gasteiger partial charge in [-0.15, -0.1) is 0 Å². The average molecular weight is 387 g/mol. The summed E-state index contributed by atoms with van der Waals surface area (Å²) in [6.07, 6.45) is 5.25. The molecule has 0 aliphatic carbocycles. The molecule has 0 saturated carbocycles. The van der Waals surface area contributed by atoms with E-state index in [1.54, 1.807) is 30.3 Å². The van der Waals surface area contributed by atoms with Gasteiger partial charge in [-0.3, -0.25) is 14.9 Å². The van der Waals surface area contributed by atoms with E-state index >= 15 is 0 Å². The molecule has 2 heterocycles. The van der Waals surface area contributed by atoms with Gasteiger partial charge >= 0.3 is 5.69 Å². The summed E-state index contributed by atoms with van der Waals surface area (Å²) in [5.74, 6) is 0.434. The molecule has 2 aromatic rings. The maximum Gasteiger partial charge on any atom is 0.338 e. The third kappa shape index (κ3) is 5.17. The third-order valence-electron chi connectivity index (χ3n) is 4.27. The monoisotopic (exact) mass is 387 g/mol. The van der Waals surface area contributed by atoms with E-state index in [0.717, 1.165) is 25.0 Å². The van der Waals surface area contributed by atoms with E-state index in [1.165, 1.54) is 13.0 Å². The molecule has 1 unspecified atom stereocenters. The minimum absolute atomic E-state index is 0.0779. The molecular weight excluding hydrogens is 366 g/mol. The lowest BCUT2D eigenvalue weighted by molar-refractivity contribution is -0.386. The molecule has 0 bridgehead atoms. The maximum absolute atomic E-state index is 11.8. The number of ether oxygens (including phenoxy) is 2. The Bertz CT molecular complexity index is 853. The average Bonchev–Trinajstić information content (AvgIpc) is 3.33. The van der Waals surface area contributed by atoms with E-state index in [1.807, 2.05) is 0 Å². The van der Waals surface area contributed by atoms with Crippen LogP contribution in [0.25, 0.3) is 12.2 Å². The minimum atomic E-state index is -0.521. The summed E-state index contributed by atoms with van der Waals surface area (Å²) in [6.45, 7) is 2.69. The number of aryl methyl sites for hydroxylation is 1.